The largest absolute Gasteiger partial charge is 0.347 e. The van der Waals surface area contributed by atoms with Crippen molar-refractivity contribution >= 4 is 11.8 Å². The fourth-order valence-electron chi connectivity index (χ4n) is 3.38. The Hall–Kier alpha value is -2.70. The Morgan fingerprint density at radius 2 is 1.96 bits per heavy atom. The summed E-state index contributed by atoms with van der Waals surface area (Å²) in [6.07, 6.45) is 5.63. The van der Waals surface area contributed by atoms with Crippen LogP contribution in [0.15, 0.2) is 24.5 Å². The molecule has 7 nitrogen and oxygen atoms in total. The highest BCUT2D eigenvalue weighted by Crippen LogP contribution is 2.30. The van der Waals surface area contributed by atoms with E-state index in [0.29, 0.717) is 19.0 Å². The Morgan fingerprint density at radius 3 is 2.58 bits per heavy atom. The van der Waals surface area contributed by atoms with Crippen LogP contribution in [-0.2, 0) is 16.6 Å². The van der Waals surface area contributed by atoms with Crippen LogP contribution in [0.1, 0.15) is 37.1 Å². The summed E-state index contributed by atoms with van der Waals surface area (Å²) in [6.45, 7) is 4.90. The molecule has 0 radical (unpaired) electrons. The number of hydrogen-bond donors (Lipinski definition) is 1. The number of carbonyl (C=O) groups is 2. The number of aromatic nitrogens is 3. The molecule has 1 saturated heterocycles. The number of aryl methyl sites for hydroxylation is 2. The topological polar surface area (TPSA) is 80.1 Å². The third-order valence-electron chi connectivity index (χ3n) is 4.77. The van der Waals surface area contributed by atoms with Crippen LogP contribution in [0.4, 0.5) is 0 Å². The lowest BCUT2D eigenvalue weighted by Gasteiger charge is -2.32. The molecule has 0 saturated carbocycles. The van der Waals surface area contributed by atoms with E-state index >= 15 is 0 Å². The predicted molar refractivity (Wildman–Crippen MR) is 98.4 cm³/mol. The quantitative estimate of drug-likeness (QED) is 0.904. The van der Waals surface area contributed by atoms with E-state index in [2.05, 4.69) is 22.5 Å². The van der Waals surface area contributed by atoms with Crippen molar-refractivity contribution in [3.05, 3.63) is 35.9 Å². The van der Waals surface area contributed by atoms with Gasteiger partial charge >= 0.3 is 0 Å². The number of hydrogen-bond acceptors (Lipinski definition) is 4. The van der Waals surface area contributed by atoms with E-state index in [9.17, 15) is 9.59 Å². The van der Waals surface area contributed by atoms with Gasteiger partial charge in [0.15, 0.2) is 0 Å². The van der Waals surface area contributed by atoms with E-state index in [4.69, 9.17) is 4.98 Å². The summed E-state index contributed by atoms with van der Waals surface area (Å²) < 4.78 is 1.80. The van der Waals surface area contributed by atoms with Gasteiger partial charge in [0.25, 0.3) is 0 Å². The van der Waals surface area contributed by atoms with Crippen molar-refractivity contribution in [3.63, 3.8) is 0 Å². The molecule has 1 fully saturated rings. The number of amides is 2. The average Bonchev–Trinajstić information content (AvgIpc) is 3.06. The van der Waals surface area contributed by atoms with Crippen molar-refractivity contribution in [1.29, 1.82) is 0 Å². The minimum absolute atomic E-state index is 0.0214. The summed E-state index contributed by atoms with van der Waals surface area (Å²) in [7, 11) is 1.91. The van der Waals surface area contributed by atoms with Crippen LogP contribution in [0.2, 0.25) is 0 Å². The van der Waals surface area contributed by atoms with E-state index in [0.717, 1.165) is 35.4 Å². The minimum Gasteiger partial charge on any atom is -0.347 e. The van der Waals surface area contributed by atoms with Gasteiger partial charge in [-0.25, -0.2) is 0 Å². The summed E-state index contributed by atoms with van der Waals surface area (Å²) >= 11 is 0. The van der Waals surface area contributed by atoms with E-state index < -0.39 is 0 Å². The molecule has 2 aromatic rings. The molecule has 0 bridgehead atoms. The van der Waals surface area contributed by atoms with Gasteiger partial charge in [0.05, 0.1) is 12.7 Å². The van der Waals surface area contributed by atoms with E-state index in [1.807, 2.05) is 31.3 Å². The fraction of sp³-hybridized carbons (Fsp3) is 0.474. The SMILES string of the molecule is CC(=O)NCC(=O)N1CCC(c2cc(-c3cnn(C)c3)cc(C)n2)CC1. The second-order valence-corrected chi connectivity index (χ2v) is 6.89. The van der Waals surface area contributed by atoms with Crippen LogP contribution in [0.5, 0.6) is 0 Å². The van der Waals surface area contributed by atoms with Crippen molar-refractivity contribution in [2.45, 2.75) is 32.6 Å². The summed E-state index contributed by atoms with van der Waals surface area (Å²) in [4.78, 5) is 29.6. The standard InChI is InChI=1S/C19H25N5O2/c1-13-8-16(17-10-21-23(3)12-17)9-18(22-13)15-4-6-24(7-5-15)19(26)11-20-14(2)25/h8-10,12,15H,4-7,11H2,1-3H3,(H,20,25). The van der Waals surface area contributed by atoms with E-state index in [1.54, 1.807) is 4.68 Å². The number of nitrogens with zero attached hydrogens (tertiary/aromatic N) is 4. The first kappa shape index (κ1) is 18.1. The monoisotopic (exact) mass is 355 g/mol. The van der Waals surface area contributed by atoms with Gasteiger partial charge < -0.3 is 10.2 Å². The zero-order chi connectivity index (χ0) is 18.7. The van der Waals surface area contributed by atoms with Crippen LogP contribution in [-0.4, -0.2) is 51.1 Å². The molecule has 0 spiro atoms. The highest BCUT2D eigenvalue weighted by atomic mass is 16.2. The van der Waals surface area contributed by atoms with Gasteiger partial charge in [-0.2, -0.15) is 5.10 Å². The molecule has 0 aromatic carbocycles. The Kier molecular flexibility index (Phi) is 5.35. The van der Waals surface area contributed by atoms with Gasteiger partial charge in [-0.3, -0.25) is 19.3 Å². The maximum atomic E-state index is 12.1. The molecule has 7 heteroatoms. The minimum atomic E-state index is -0.180. The first-order valence-electron chi connectivity index (χ1n) is 8.92. The molecular weight excluding hydrogens is 330 g/mol. The molecule has 0 unspecified atom stereocenters. The zero-order valence-electron chi connectivity index (χ0n) is 15.5. The smallest absolute Gasteiger partial charge is 0.241 e. The summed E-state index contributed by atoms with van der Waals surface area (Å²) in [5.74, 6) is 0.141. The van der Waals surface area contributed by atoms with Gasteiger partial charge in [0.1, 0.15) is 0 Å². The van der Waals surface area contributed by atoms with Crippen LogP contribution in [0, 0.1) is 6.92 Å². The van der Waals surface area contributed by atoms with Gasteiger partial charge in [0, 0.05) is 56.1 Å². The molecule has 3 heterocycles. The van der Waals surface area contributed by atoms with Crippen molar-refractivity contribution in [3.8, 4) is 11.1 Å². The van der Waals surface area contributed by atoms with E-state index in [-0.39, 0.29) is 18.4 Å². The maximum absolute atomic E-state index is 12.1. The number of likely N-dealkylation sites (tertiary alicyclic amines) is 1. The molecule has 138 valence electrons. The van der Waals surface area contributed by atoms with Crippen LogP contribution in [0.25, 0.3) is 11.1 Å². The normalized spacial score (nSPS) is 15.1. The molecule has 3 rings (SSSR count). The second kappa shape index (κ2) is 7.68. The van der Waals surface area contributed by atoms with Crippen LogP contribution < -0.4 is 5.32 Å². The number of nitrogens with one attached hydrogen (secondary N) is 1. The van der Waals surface area contributed by atoms with Crippen LogP contribution >= 0.6 is 0 Å². The highest BCUT2D eigenvalue weighted by Gasteiger charge is 2.25. The van der Waals surface area contributed by atoms with Gasteiger partial charge in [-0.1, -0.05) is 0 Å². The van der Waals surface area contributed by atoms with Crippen molar-refractivity contribution in [2.75, 3.05) is 19.6 Å². The van der Waals surface area contributed by atoms with E-state index in [1.165, 1.54) is 6.92 Å². The summed E-state index contributed by atoms with van der Waals surface area (Å²) in [6, 6.07) is 4.22. The molecule has 1 aliphatic heterocycles. The first-order valence-corrected chi connectivity index (χ1v) is 8.92. The third kappa shape index (κ3) is 4.28. The Labute approximate surface area is 153 Å². The molecule has 2 aromatic heterocycles. The van der Waals surface area contributed by atoms with Gasteiger partial charge in [-0.05, 0) is 37.5 Å². The maximum Gasteiger partial charge on any atom is 0.241 e. The Balaban J connectivity index is 1.67. The molecule has 0 atom stereocenters. The molecule has 26 heavy (non-hydrogen) atoms. The Morgan fingerprint density at radius 1 is 1.23 bits per heavy atom. The number of piperidine rings is 1. The number of pyridine rings is 1. The zero-order valence-corrected chi connectivity index (χ0v) is 15.5. The molecular formula is C19H25N5O2. The third-order valence-corrected chi connectivity index (χ3v) is 4.77. The summed E-state index contributed by atoms with van der Waals surface area (Å²) in [5, 5.41) is 6.82. The lowest BCUT2D eigenvalue weighted by atomic mass is 9.91. The average molecular weight is 355 g/mol. The molecule has 1 N–H and O–H groups in total. The van der Waals surface area contributed by atoms with Crippen LogP contribution in [0.3, 0.4) is 0 Å². The summed E-state index contributed by atoms with van der Waals surface area (Å²) in [5.41, 5.74) is 4.29. The Bertz CT molecular complexity index is 806. The lowest BCUT2D eigenvalue weighted by molar-refractivity contribution is -0.133. The first-order chi connectivity index (χ1) is 12.4. The molecule has 0 aliphatic carbocycles. The number of rotatable bonds is 4. The highest BCUT2D eigenvalue weighted by molar-refractivity contribution is 5.83. The second-order valence-electron chi connectivity index (χ2n) is 6.89. The van der Waals surface area contributed by atoms with Gasteiger partial charge in [0.2, 0.25) is 11.8 Å². The molecule has 1 aliphatic rings. The van der Waals surface area contributed by atoms with Crippen molar-refractivity contribution in [1.82, 2.24) is 25.0 Å². The molecule has 2 amide bonds. The lowest BCUT2D eigenvalue weighted by Crippen LogP contribution is -2.43. The van der Waals surface area contributed by atoms with Gasteiger partial charge in [-0.15, -0.1) is 0 Å². The van der Waals surface area contributed by atoms with Crippen molar-refractivity contribution < 1.29 is 9.59 Å². The van der Waals surface area contributed by atoms with Crippen molar-refractivity contribution in [2.24, 2.45) is 7.05 Å². The predicted octanol–water partition coefficient (Wildman–Crippen LogP) is 1.63. The fourth-order valence-corrected chi connectivity index (χ4v) is 3.38. The number of carbonyl (C=O) groups excluding carboxylic acids is 2.